The first-order chi connectivity index (χ1) is 9.89. The number of rotatable bonds is 6. The van der Waals surface area contributed by atoms with E-state index in [4.69, 9.17) is 16.3 Å². The number of sulfonamides is 1. The SMILES string of the molecule is CN(CC(=O)NCC1CCCO1)S(=O)(=O)c1ccc(Cl)s1. The van der Waals surface area contributed by atoms with E-state index in [2.05, 4.69) is 5.32 Å². The Morgan fingerprint density at radius 2 is 2.33 bits per heavy atom. The number of amides is 1. The molecular weight excluding hydrogens is 336 g/mol. The fourth-order valence-corrected chi connectivity index (χ4v) is 4.79. The van der Waals surface area contributed by atoms with Crippen LogP contribution in [-0.2, 0) is 19.6 Å². The molecule has 2 heterocycles. The maximum Gasteiger partial charge on any atom is 0.252 e. The fraction of sp³-hybridized carbons (Fsp3) is 0.583. The van der Waals surface area contributed by atoms with Gasteiger partial charge in [-0.1, -0.05) is 11.6 Å². The van der Waals surface area contributed by atoms with E-state index in [1.165, 1.54) is 19.2 Å². The molecule has 0 aromatic carbocycles. The summed E-state index contributed by atoms with van der Waals surface area (Å²) in [6.07, 6.45) is 1.95. The van der Waals surface area contributed by atoms with Crippen molar-refractivity contribution in [2.75, 3.05) is 26.7 Å². The third kappa shape index (κ3) is 4.40. The second-order valence-electron chi connectivity index (χ2n) is 4.76. The summed E-state index contributed by atoms with van der Waals surface area (Å²) in [5, 5.41) is 2.69. The van der Waals surface area contributed by atoms with Crippen LogP contribution in [0.25, 0.3) is 0 Å². The van der Waals surface area contributed by atoms with E-state index in [0.717, 1.165) is 28.5 Å². The predicted octanol–water partition coefficient (Wildman–Crippen LogP) is 1.32. The molecule has 1 aromatic heterocycles. The van der Waals surface area contributed by atoms with Crippen molar-refractivity contribution in [1.29, 1.82) is 0 Å². The van der Waals surface area contributed by atoms with E-state index in [1.807, 2.05) is 0 Å². The lowest BCUT2D eigenvalue weighted by Gasteiger charge is -2.16. The van der Waals surface area contributed by atoms with Gasteiger partial charge in [0.05, 0.1) is 17.0 Å². The van der Waals surface area contributed by atoms with Crippen molar-refractivity contribution in [3.05, 3.63) is 16.5 Å². The topological polar surface area (TPSA) is 75.7 Å². The van der Waals surface area contributed by atoms with Gasteiger partial charge in [0.25, 0.3) is 10.0 Å². The minimum atomic E-state index is -3.68. The highest BCUT2D eigenvalue weighted by atomic mass is 35.5. The van der Waals surface area contributed by atoms with Crippen LogP contribution >= 0.6 is 22.9 Å². The molecule has 9 heteroatoms. The zero-order valence-corrected chi connectivity index (χ0v) is 13.9. The number of carbonyl (C=O) groups excluding carboxylic acids is 1. The number of halogens is 1. The van der Waals surface area contributed by atoms with E-state index in [-0.39, 0.29) is 22.8 Å². The summed E-state index contributed by atoms with van der Waals surface area (Å²) in [5.41, 5.74) is 0. The Morgan fingerprint density at radius 3 is 2.90 bits per heavy atom. The highest BCUT2D eigenvalue weighted by Crippen LogP contribution is 2.27. The summed E-state index contributed by atoms with van der Waals surface area (Å²) in [6.45, 7) is 0.899. The van der Waals surface area contributed by atoms with Crippen molar-refractivity contribution in [2.45, 2.75) is 23.2 Å². The molecule has 0 aliphatic carbocycles. The van der Waals surface area contributed by atoms with Crippen LogP contribution in [0, 0.1) is 0 Å². The lowest BCUT2D eigenvalue weighted by Crippen LogP contribution is -2.40. The Morgan fingerprint density at radius 1 is 1.57 bits per heavy atom. The summed E-state index contributed by atoms with van der Waals surface area (Å²) in [5.74, 6) is -0.348. The number of hydrogen-bond acceptors (Lipinski definition) is 5. The minimum Gasteiger partial charge on any atom is -0.376 e. The van der Waals surface area contributed by atoms with Gasteiger partial charge in [-0.15, -0.1) is 11.3 Å². The van der Waals surface area contributed by atoms with Crippen LogP contribution in [-0.4, -0.2) is 51.5 Å². The predicted molar refractivity (Wildman–Crippen MR) is 81.1 cm³/mol. The number of likely N-dealkylation sites (N-methyl/N-ethyl adjacent to an activating group) is 1. The second-order valence-corrected chi connectivity index (χ2v) is 8.75. The number of hydrogen-bond donors (Lipinski definition) is 1. The number of ether oxygens (including phenoxy) is 1. The molecule has 0 radical (unpaired) electrons. The molecule has 6 nitrogen and oxygen atoms in total. The number of nitrogens with one attached hydrogen (secondary N) is 1. The minimum absolute atomic E-state index is 0.0342. The number of nitrogens with zero attached hydrogens (tertiary/aromatic N) is 1. The van der Waals surface area contributed by atoms with Gasteiger partial charge in [0.1, 0.15) is 4.21 Å². The Bertz CT molecular complexity index is 596. The highest BCUT2D eigenvalue weighted by Gasteiger charge is 2.25. The van der Waals surface area contributed by atoms with Gasteiger partial charge >= 0.3 is 0 Å². The average molecular weight is 353 g/mol. The molecule has 1 N–H and O–H groups in total. The van der Waals surface area contributed by atoms with Crippen LogP contribution in [0.4, 0.5) is 0 Å². The zero-order valence-electron chi connectivity index (χ0n) is 11.5. The quantitative estimate of drug-likeness (QED) is 0.837. The van der Waals surface area contributed by atoms with E-state index in [0.29, 0.717) is 17.5 Å². The van der Waals surface area contributed by atoms with Crippen LogP contribution in [0.5, 0.6) is 0 Å². The van der Waals surface area contributed by atoms with Crippen LogP contribution in [0.1, 0.15) is 12.8 Å². The van der Waals surface area contributed by atoms with Crippen molar-refractivity contribution in [1.82, 2.24) is 9.62 Å². The first-order valence-electron chi connectivity index (χ1n) is 6.49. The van der Waals surface area contributed by atoms with Gasteiger partial charge in [-0.3, -0.25) is 4.79 Å². The molecule has 1 fully saturated rings. The molecule has 0 bridgehead atoms. The number of thiophene rings is 1. The van der Waals surface area contributed by atoms with E-state index in [1.54, 1.807) is 0 Å². The van der Waals surface area contributed by atoms with Crippen LogP contribution in [0.3, 0.4) is 0 Å². The Hall–Kier alpha value is -0.670. The zero-order chi connectivity index (χ0) is 15.5. The molecule has 1 saturated heterocycles. The van der Waals surface area contributed by atoms with Crippen LogP contribution in [0.15, 0.2) is 16.3 Å². The molecule has 21 heavy (non-hydrogen) atoms. The molecule has 1 unspecified atom stereocenters. The van der Waals surface area contributed by atoms with Crippen molar-refractivity contribution in [2.24, 2.45) is 0 Å². The third-order valence-corrected chi connectivity index (χ3v) is 6.63. The van der Waals surface area contributed by atoms with Gasteiger partial charge < -0.3 is 10.1 Å². The van der Waals surface area contributed by atoms with Crippen LogP contribution in [0.2, 0.25) is 4.34 Å². The maximum absolute atomic E-state index is 12.2. The fourth-order valence-electron chi connectivity index (χ4n) is 1.97. The van der Waals surface area contributed by atoms with Gasteiger partial charge in [0.15, 0.2) is 0 Å². The molecule has 0 spiro atoms. The van der Waals surface area contributed by atoms with Gasteiger partial charge in [-0.2, -0.15) is 4.31 Å². The second kappa shape index (κ2) is 7.06. The highest BCUT2D eigenvalue weighted by molar-refractivity contribution is 7.91. The molecule has 118 valence electrons. The molecule has 1 aliphatic heterocycles. The van der Waals surface area contributed by atoms with Crippen LogP contribution < -0.4 is 5.32 Å². The van der Waals surface area contributed by atoms with Crippen molar-refractivity contribution in [3.8, 4) is 0 Å². The summed E-state index contributed by atoms with van der Waals surface area (Å²) in [7, 11) is -2.31. The summed E-state index contributed by atoms with van der Waals surface area (Å²) >= 11 is 6.71. The van der Waals surface area contributed by atoms with Gasteiger partial charge in [0, 0.05) is 20.2 Å². The van der Waals surface area contributed by atoms with Crippen molar-refractivity contribution in [3.63, 3.8) is 0 Å². The largest absolute Gasteiger partial charge is 0.376 e. The lowest BCUT2D eigenvalue weighted by molar-refractivity contribution is -0.121. The monoisotopic (exact) mass is 352 g/mol. The molecule has 1 aromatic rings. The Kier molecular flexibility index (Phi) is 5.61. The van der Waals surface area contributed by atoms with Crippen molar-refractivity contribution >= 4 is 38.9 Å². The molecule has 1 amide bonds. The van der Waals surface area contributed by atoms with Crippen molar-refractivity contribution < 1.29 is 17.9 Å². The molecule has 1 aliphatic rings. The standard InChI is InChI=1S/C12H17ClN2O4S2/c1-15(21(17,18)12-5-4-10(13)20-12)8-11(16)14-7-9-3-2-6-19-9/h4-5,9H,2-3,6-8H2,1H3,(H,14,16). The maximum atomic E-state index is 12.2. The lowest BCUT2D eigenvalue weighted by atomic mass is 10.2. The van der Waals surface area contributed by atoms with E-state index in [9.17, 15) is 13.2 Å². The third-order valence-electron chi connectivity index (χ3n) is 3.13. The molecule has 2 rings (SSSR count). The van der Waals surface area contributed by atoms with E-state index >= 15 is 0 Å². The average Bonchev–Trinajstić information content (AvgIpc) is 3.07. The normalized spacial score (nSPS) is 19.1. The summed E-state index contributed by atoms with van der Waals surface area (Å²) in [6, 6.07) is 2.95. The van der Waals surface area contributed by atoms with Gasteiger partial charge in [-0.05, 0) is 25.0 Å². The molecule has 0 saturated carbocycles. The smallest absolute Gasteiger partial charge is 0.252 e. The molecular formula is C12H17ClN2O4S2. The first-order valence-corrected chi connectivity index (χ1v) is 9.13. The van der Waals surface area contributed by atoms with E-state index < -0.39 is 10.0 Å². The van der Waals surface area contributed by atoms with Gasteiger partial charge in [0.2, 0.25) is 5.91 Å². The Labute approximate surface area is 133 Å². The Balaban J connectivity index is 1.87. The molecule has 1 atom stereocenters. The first kappa shape index (κ1) is 16.7. The summed E-state index contributed by atoms with van der Waals surface area (Å²) < 4.78 is 31.4. The summed E-state index contributed by atoms with van der Waals surface area (Å²) in [4.78, 5) is 11.8. The van der Waals surface area contributed by atoms with Gasteiger partial charge in [-0.25, -0.2) is 8.42 Å². The number of carbonyl (C=O) groups is 1.